The Morgan fingerprint density at radius 1 is 1.13 bits per heavy atom. The molecule has 3 atom stereocenters. The summed E-state index contributed by atoms with van der Waals surface area (Å²) < 4.78 is 0. The Hall–Kier alpha value is -2.08. The summed E-state index contributed by atoms with van der Waals surface area (Å²) in [4.78, 5) is 29.1. The van der Waals surface area contributed by atoms with Crippen LogP contribution in [0, 0.1) is 5.92 Å². The highest BCUT2D eigenvalue weighted by Crippen LogP contribution is 2.35. The molecule has 2 fully saturated rings. The maximum Gasteiger partial charge on any atom is 0.315 e. The van der Waals surface area contributed by atoms with E-state index in [0.29, 0.717) is 24.5 Å². The number of urea groups is 1. The van der Waals surface area contributed by atoms with Gasteiger partial charge in [0.25, 0.3) is 0 Å². The van der Waals surface area contributed by atoms with Crippen LogP contribution in [0.4, 0.5) is 4.79 Å². The number of nitrogens with zero attached hydrogens (tertiary/aromatic N) is 2. The van der Waals surface area contributed by atoms with Crippen molar-refractivity contribution < 1.29 is 9.59 Å². The van der Waals surface area contributed by atoms with Gasteiger partial charge in [0.15, 0.2) is 0 Å². The lowest BCUT2D eigenvalue weighted by Gasteiger charge is -2.40. The zero-order valence-electron chi connectivity index (χ0n) is 19.1. The van der Waals surface area contributed by atoms with Crippen LogP contribution >= 0.6 is 0 Å². The van der Waals surface area contributed by atoms with Crippen LogP contribution in [-0.2, 0) is 11.2 Å². The topological polar surface area (TPSA) is 64.7 Å². The van der Waals surface area contributed by atoms with Gasteiger partial charge < -0.3 is 15.5 Å². The van der Waals surface area contributed by atoms with Gasteiger partial charge >= 0.3 is 6.03 Å². The second-order valence-corrected chi connectivity index (χ2v) is 9.85. The van der Waals surface area contributed by atoms with Crippen molar-refractivity contribution in [3.05, 3.63) is 35.9 Å². The molecule has 3 rings (SSSR count). The standard InChI is InChI=1S/C24H38N4O2/c1-17(2)24(3,15-18-9-7-6-8-10-18)26-23(30)25-19-13-20-11-12-21(14-19)28(20)16-22(29)27(4)5/h6-10,17,19-21H,11-16H2,1-5H3,(H2,25,26,30). The Morgan fingerprint density at radius 3 is 2.27 bits per heavy atom. The van der Waals surface area contributed by atoms with Crippen LogP contribution in [-0.4, -0.2) is 66.0 Å². The van der Waals surface area contributed by atoms with Crippen LogP contribution in [0.2, 0.25) is 0 Å². The molecule has 0 spiro atoms. The number of rotatable bonds is 7. The van der Waals surface area contributed by atoms with Crippen molar-refractivity contribution in [1.82, 2.24) is 20.4 Å². The fourth-order valence-corrected chi connectivity index (χ4v) is 4.84. The summed E-state index contributed by atoms with van der Waals surface area (Å²) in [5.74, 6) is 0.461. The van der Waals surface area contributed by atoms with Crippen molar-refractivity contribution >= 4 is 11.9 Å². The molecule has 2 bridgehead atoms. The van der Waals surface area contributed by atoms with E-state index in [1.54, 1.807) is 4.90 Å². The van der Waals surface area contributed by atoms with E-state index in [1.807, 2.05) is 32.3 Å². The quantitative estimate of drug-likeness (QED) is 0.721. The highest BCUT2D eigenvalue weighted by Gasteiger charge is 2.42. The maximum atomic E-state index is 12.9. The normalized spacial score (nSPS) is 25.6. The molecule has 0 saturated carbocycles. The van der Waals surface area contributed by atoms with Gasteiger partial charge in [-0.2, -0.15) is 0 Å². The molecule has 0 aliphatic carbocycles. The number of hydrogen-bond donors (Lipinski definition) is 2. The van der Waals surface area contributed by atoms with E-state index in [4.69, 9.17) is 0 Å². The molecule has 1 aromatic rings. The Bertz CT molecular complexity index is 722. The monoisotopic (exact) mass is 414 g/mol. The van der Waals surface area contributed by atoms with Gasteiger partial charge in [0.2, 0.25) is 5.91 Å². The summed E-state index contributed by atoms with van der Waals surface area (Å²) in [6, 6.07) is 11.2. The highest BCUT2D eigenvalue weighted by molar-refractivity contribution is 5.78. The molecular formula is C24H38N4O2. The van der Waals surface area contributed by atoms with Crippen LogP contribution in [0.25, 0.3) is 0 Å². The van der Waals surface area contributed by atoms with E-state index in [-0.39, 0.29) is 23.5 Å². The van der Waals surface area contributed by atoms with Crippen molar-refractivity contribution in [2.45, 2.75) is 76.5 Å². The van der Waals surface area contributed by atoms with Gasteiger partial charge in [-0.25, -0.2) is 4.79 Å². The molecule has 2 N–H and O–H groups in total. The first kappa shape index (κ1) is 22.6. The lowest BCUT2D eigenvalue weighted by Crippen LogP contribution is -2.58. The van der Waals surface area contributed by atoms with E-state index < -0.39 is 0 Å². The number of amides is 3. The van der Waals surface area contributed by atoms with Gasteiger partial charge in [0.05, 0.1) is 6.54 Å². The van der Waals surface area contributed by atoms with Crippen LogP contribution in [0.1, 0.15) is 52.0 Å². The number of carbonyl (C=O) groups is 2. The highest BCUT2D eigenvalue weighted by atomic mass is 16.2. The Kier molecular flexibility index (Phi) is 7.06. The number of fused-ring (bicyclic) bond motifs is 2. The molecule has 2 aliphatic rings. The fraction of sp³-hybridized carbons (Fsp3) is 0.667. The number of piperidine rings is 1. The summed E-state index contributed by atoms with van der Waals surface area (Å²) in [7, 11) is 3.62. The summed E-state index contributed by atoms with van der Waals surface area (Å²) in [6.07, 6.45) is 4.87. The van der Waals surface area contributed by atoms with Gasteiger partial charge in [-0.15, -0.1) is 0 Å². The molecule has 1 aromatic carbocycles. The molecular weight excluding hydrogens is 376 g/mol. The average molecular weight is 415 g/mol. The van der Waals surface area contributed by atoms with Crippen LogP contribution < -0.4 is 10.6 Å². The number of hydrogen-bond acceptors (Lipinski definition) is 3. The number of benzene rings is 1. The summed E-state index contributed by atoms with van der Waals surface area (Å²) in [5.41, 5.74) is 0.911. The molecule has 3 unspecified atom stereocenters. The minimum Gasteiger partial charge on any atom is -0.348 e. The van der Waals surface area contributed by atoms with E-state index in [9.17, 15) is 9.59 Å². The third kappa shape index (κ3) is 5.34. The van der Waals surface area contributed by atoms with Crippen LogP contribution in [0.3, 0.4) is 0 Å². The largest absolute Gasteiger partial charge is 0.348 e. The van der Waals surface area contributed by atoms with Crippen LogP contribution in [0.15, 0.2) is 30.3 Å². The third-order valence-corrected chi connectivity index (χ3v) is 7.12. The van der Waals surface area contributed by atoms with Crippen molar-refractivity contribution in [2.24, 2.45) is 5.92 Å². The maximum absolute atomic E-state index is 12.9. The SMILES string of the molecule is CC(C)C(C)(Cc1ccccc1)NC(=O)NC1CC2CCC(C1)N2CC(=O)N(C)C. The predicted octanol–water partition coefficient (Wildman–Crippen LogP) is 3.03. The molecule has 30 heavy (non-hydrogen) atoms. The zero-order chi connectivity index (χ0) is 21.9. The summed E-state index contributed by atoms with van der Waals surface area (Å²) in [6.45, 7) is 6.93. The molecule has 0 radical (unpaired) electrons. The first-order valence-electron chi connectivity index (χ1n) is 11.3. The lowest BCUT2D eigenvalue weighted by molar-refractivity contribution is -0.131. The predicted molar refractivity (Wildman–Crippen MR) is 120 cm³/mol. The molecule has 6 nitrogen and oxygen atoms in total. The van der Waals surface area contributed by atoms with Crippen LogP contribution in [0.5, 0.6) is 0 Å². The van der Waals surface area contributed by atoms with Gasteiger partial charge in [-0.05, 0) is 50.5 Å². The van der Waals surface area contributed by atoms with E-state index in [2.05, 4.69) is 48.4 Å². The minimum absolute atomic E-state index is 0.0793. The minimum atomic E-state index is -0.316. The lowest BCUT2D eigenvalue weighted by atomic mass is 9.82. The number of likely N-dealkylation sites (N-methyl/N-ethyl adjacent to an activating group) is 1. The van der Waals surface area contributed by atoms with Gasteiger partial charge in [-0.1, -0.05) is 44.2 Å². The zero-order valence-corrected chi connectivity index (χ0v) is 19.1. The molecule has 166 valence electrons. The number of carbonyl (C=O) groups excluding carboxylic acids is 2. The summed E-state index contributed by atoms with van der Waals surface area (Å²) >= 11 is 0. The summed E-state index contributed by atoms with van der Waals surface area (Å²) in [5, 5.41) is 6.51. The molecule has 2 heterocycles. The smallest absolute Gasteiger partial charge is 0.315 e. The molecule has 0 aromatic heterocycles. The second kappa shape index (κ2) is 9.38. The van der Waals surface area contributed by atoms with E-state index >= 15 is 0 Å². The Labute approximate surface area is 181 Å². The van der Waals surface area contributed by atoms with Gasteiger partial charge in [-0.3, -0.25) is 9.69 Å². The molecule has 2 aliphatic heterocycles. The molecule has 6 heteroatoms. The first-order chi connectivity index (χ1) is 14.2. The molecule has 2 saturated heterocycles. The van der Waals surface area contributed by atoms with E-state index in [1.165, 1.54) is 5.56 Å². The Balaban J connectivity index is 1.56. The van der Waals surface area contributed by atoms with Crippen molar-refractivity contribution in [3.8, 4) is 0 Å². The van der Waals surface area contributed by atoms with Gasteiger partial charge in [0, 0.05) is 37.8 Å². The second-order valence-electron chi connectivity index (χ2n) is 9.85. The first-order valence-corrected chi connectivity index (χ1v) is 11.3. The van der Waals surface area contributed by atoms with E-state index in [0.717, 1.165) is 32.1 Å². The van der Waals surface area contributed by atoms with Crippen molar-refractivity contribution in [3.63, 3.8) is 0 Å². The van der Waals surface area contributed by atoms with Crippen molar-refractivity contribution in [1.29, 1.82) is 0 Å². The van der Waals surface area contributed by atoms with Crippen molar-refractivity contribution in [2.75, 3.05) is 20.6 Å². The fourth-order valence-electron chi connectivity index (χ4n) is 4.84. The average Bonchev–Trinajstić information content (AvgIpc) is 2.90. The molecule has 3 amide bonds. The Morgan fingerprint density at radius 2 is 1.73 bits per heavy atom. The van der Waals surface area contributed by atoms with Gasteiger partial charge in [0.1, 0.15) is 0 Å². The third-order valence-electron chi connectivity index (χ3n) is 7.12. The number of nitrogens with one attached hydrogen (secondary N) is 2.